The van der Waals surface area contributed by atoms with Crippen molar-refractivity contribution in [3.05, 3.63) is 27.8 Å². The molecule has 0 aromatic heterocycles. The first-order chi connectivity index (χ1) is 11.1. The van der Waals surface area contributed by atoms with Crippen molar-refractivity contribution in [2.24, 2.45) is 5.92 Å². The van der Waals surface area contributed by atoms with Crippen LogP contribution in [0.5, 0.6) is 11.5 Å². The highest BCUT2D eigenvalue weighted by Gasteiger charge is 2.29. The Morgan fingerprint density at radius 3 is 2.57 bits per heavy atom. The summed E-state index contributed by atoms with van der Waals surface area (Å²) in [5.74, 6) is 0.170. The summed E-state index contributed by atoms with van der Waals surface area (Å²) in [4.78, 5) is 23.5. The van der Waals surface area contributed by atoms with Gasteiger partial charge in [0.25, 0.3) is 0 Å². The second kappa shape index (κ2) is 7.92. The molecule has 1 heterocycles. The Bertz CT molecular complexity index is 582. The van der Waals surface area contributed by atoms with Crippen LogP contribution in [0.1, 0.15) is 37.0 Å². The van der Waals surface area contributed by atoms with Crippen LogP contribution in [0, 0.1) is 16.0 Å². The molecular formula is C16H22N2O5. The number of nitrogens with zero attached hydrogens (tertiary/aromatic N) is 1. The number of Topliss-reactive ketones (excluding diaryl/α,β-unsaturated/α-hetero) is 1. The maximum Gasteiger partial charge on any atom is 0.311 e. The summed E-state index contributed by atoms with van der Waals surface area (Å²) in [6.07, 6.45) is 1.69. The van der Waals surface area contributed by atoms with E-state index in [2.05, 4.69) is 5.32 Å². The van der Waals surface area contributed by atoms with E-state index in [0.29, 0.717) is 25.5 Å². The minimum atomic E-state index is -0.531. The Kier molecular flexibility index (Phi) is 5.92. The SMILES string of the molecule is CCOc1cc(OCC)c([N+](=O)[O-])cc1C(=O)C1CCCNC1. The lowest BCUT2D eigenvalue weighted by Crippen LogP contribution is -2.34. The van der Waals surface area contributed by atoms with Crippen molar-refractivity contribution in [3.8, 4) is 11.5 Å². The van der Waals surface area contributed by atoms with Crippen LogP contribution >= 0.6 is 0 Å². The van der Waals surface area contributed by atoms with Crippen LogP contribution in [-0.4, -0.2) is 37.0 Å². The quantitative estimate of drug-likeness (QED) is 0.471. The van der Waals surface area contributed by atoms with Gasteiger partial charge in [0.05, 0.1) is 23.7 Å². The number of nitro groups is 1. The number of ketones is 1. The molecule has 0 amide bonds. The Labute approximate surface area is 135 Å². The van der Waals surface area contributed by atoms with E-state index < -0.39 is 4.92 Å². The zero-order chi connectivity index (χ0) is 16.8. The molecule has 1 aromatic carbocycles. The Hall–Kier alpha value is -2.15. The average Bonchev–Trinajstić information content (AvgIpc) is 2.55. The second-order valence-electron chi connectivity index (χ2n) is 5.35. The summed E-state index contributed by atoms with van der Waals surface area (Å²) in [6.45, 7) is 5.70. The summed E-state index contributed by atoms with van der Waals surface area (Å²) in [5, 5.41) is 14.5. The van der Waals surface area contributed by atoms with E-state index >= 15 is 0 Å². The van der Waals surface area contributed by atoms with Gasteiger partial charge in [-0.3, -0.25) is 14.9 Å². The molecule has 1 saturated heterocycles. The topological polar surface area (TPSA) is 90.7 Å². The number of carbonyl (C=O) groups excluding carboxylic acids is 1. The number of ether oxygens (including phenoxy) is 2. The molecule has 0 saturated carbocycles. The van der Waals surface area contributed by atoms with E-state index in [1.54, 1.807) is 13.8 Å². The number of nitrogens with one attached hydrogen (secondary N) is 1. The highest BCUT2D eigenvalue weighted by Crippen LogP contribution is 2.36. The number of nitro benzene ring substituents is 1. The standard InChI is InChI=1S/C16H22N2O5/c1-3-22-14-9-15(23-4-2)13(18(20)21)8-12(14)16(19)11-6-5-7-17-10-11/h8-9,11,17H,3-7,10H2,1-2H3. The average molecular weight is 322 g/mol. The molecule has 23 heavy (non-hydrogen) atoms. The van der Waals surface area contributed by atoms with Gasteiger partial charge in [0.2, 0.25) is 5.75 Å². The smallest absolute Gasteiger partial charge is 0.311 e. The first kappa shape index (κ1) is 17.2. The molecule has 1 unspecified atom stereocenters. The molecule has 2 rings (SSSR count). The van der Waals surface area contributed by atoms with Gasteiger partial charge < -0.3 is 14.8 Å². The van der Waals surface area contributed by atoms with E-state index in [-0.39, 0.29) is 28.7 Å². The first-order valence-electron chi connectivity index (χ1n) is 7.91. The van der Waals surface area contributed by atoms with Crippen molar-refractivity contribution in [3.63, 3.8) is 0 Å². The minimum absolute atomic E-state index is 0.119. The Morgan fingerprint density at radius 2 is 2.00 bits per heavy atom. The van der Waals surface area contributed by atoms with Crippen molar-refractivity contribution in [1.82, 2.24) is 5.32 Å². The van der Waals surface area contributed by atoms with Crippen molar-refractivity contribution in [2.75, 3.05) is 26.3 Å². The summed E-state index contributed by atoms with van der Waals surface area (Å²) >= 11 is 0. The molecular weight excluding hydrogens is 300 g/mol. The van der Waals surface area contributed by atoms with Crippen molar-refractivity contribution >= 4 is 11.5 Å². The second-order valence-corrected chi connectivity index (χ2v) is 5.35. The van der Waals surface area contributed by atoms with E-state index in [0.717, 1.165) is 19.4 Å². The minimum Gasteiger partial charge on any atom is -0.493 e. The van der Waals surface area contributed by atoms with Gasteiger partial charge in [-0.05, 0) is 33.2 Å². The third-order valence-corrected chi connectivity index (χ3v) is 3.79. The Balaban J connectivity index is 2.44. The van der Waals surface area contributed by atoms with Gasteiger partial charge in [0.15, 0.2) is 5.78 Å². The lowest BCUT2D eigenvalue weighted by Gasteiger charge is -2.22. The zero-order valence-electron chi connectivity index (χ0n) is 13.5. The number of hydrogen-bond acceptors (Lipinski definition) is 6. The van der Waals surface area contributed by atoms with Crippen LogP contribution in [0.15, 0.2) is 12.1 Å². The number of piperidine rings is 1. The molecule has 7 nitrogen and oxygen atoms in total. The number of hydrogen-bond donors (Lipinski definition) is 1. The number of rotatable bonds is 7. The largest absolute Gasteiger partial charge is 0.493 e. The number of carbonyl (C=O) groups is 1. The predicted octanol–water partition coefficient (Wildman–Crippen LogP) is 2.57. The number of benzene rings is 1. The molecule has 0 radical (unpaired) electrons. The van der Waals surface area contributed by atoms with E-state index in [9.17, 15) is 14.9 Å². The van der Waals surface area contributed by atoms with Crippen LogP contribution in [-0.2, 0) is 0 Å². The molecule has 1 aliphatic heterocycles. The molecule has 1 atom stereocenters. The highest BCUT2D eigenvalue weighted by molar-refractivity contribution is 6.01. The lowest BCUT2D eigenvalue weighted by atomic mass is 9.90. The van der Waals surface area contributed by atoms with Crippen LogP contribution < -0.4 is 14.8 Å². The van der Waals surface area contributed by atoms with Crippen LogP contribution in [0.2, 0.25) is 0 Å². The monoisotopic (exact) mass is 322 g/mol. The van der Waals surface area contributed by atoms with E-state index in [1.165, 1.54) is 12.1 Å². The van der Waals surface area contributed by atoms with E-state index in [1.807, 2.05) is 0 Å². The summed E-state index contributed by atoms with van der Waals surface area (Å²) in [7, 11) is 0. The summed E-state index contributed by atoms with van der Waals surface area (Å²) in [6, 6.07) is 2.74. The normalized spacial score (nSPS) is 17.6. The van der Waals surface area contributed by atoms with Gasteiger partial charge in [0, 0.05) is 24.6 Å². The van der Waals surface area contributed by atoms with Crippen LogP contribution in [0.3, 0.4) is 0 Å². The fourth-order valence-electron chi connectivity index (χ4n) is 2.73. The highest BCUT2D eigenvalue weighted by atomic mass is 16.6. The van der Waals surface area contributed by atoms with Gasteiger partial charge in [-0.25, -0.2) is 0 Å². The molecule has 1 fully saturated rings. The van der Waals surface area contributed by atoms with E-state index in [4.69, 9.17) is 9.47 Å². The molecule has 0 aliphatic carbocycles. The molecule has 0 spiro atoms. The maximum atomic E-state index is 12.8. The third-order valence-electron chi connectivity index (χ3n) is 3.79. The van der Waals surface area contributed by atoms with Gasteiger partial charge in [-0.2, -0.15) is 0 Å². The fourth-order valence-corrected chi connectivity index (χ4v) is 2.73. The van der Waals surface area contributed by atoms with Crippen molar-refractivity contribution in [2.45, 2.75) is 26.7 Å². The zero-order valence-corrected chi connectivity index (χ0v) is 13.5. The summed E-state index contributed by atoms with van der Waals surface area (Å²) < 4.78 is 10.8. The van der Waals surface area contributed by atoms with Gasteiger partial charge in [0.1, 0.15) is 5.75 Å². The van der Waals surface area contributed by atoms with Crippen molar-refractivity contribution < 1.29 is 19.2 Å². The van der Waals surface area contributed by atoms with Crippen molar-refractivity contribution in [1.29, 1.82) is 0 Å². The maximum absolute atomic E-state index is 12.8. The summed E-state index contributed by atoms with van der Waals surface area (Å²) in [5.41, 5.74) is 0.0538. The van der Waals surface area contributed by atoms with Crippen LogP contribution in [0.25, 0.3) is 0 Å². The fraction of sp³-hybridized carbons (Fsp3) is 0.562. The molecule has 7 heteroatoms. The Morgan fingerprint density at radius 1 is 1.30 bits per heavy atom. The van der Waals surface area contributed by atoms with Gasteiger partial charge in [-0.1, -0.05) is 0 Å². The molecule has 1 aromatic rings. The molecule has 126 valence electrons. The van der Waals surface area contributed by atoms with Gasteiger partial charge in [-0.15, -0.1) is 0 Å². The van der Waals surface area contributed by atoms with Crippen LogP contribution in [0.4, 0.5) is 5.69 Å². The predicted molar refractivity (Wildman–Crippen MR) is 85.4 cm³/mol. The molecule has 1 N–H and O–H groups in total. The third kappa shape index (κ3) is 3.98. The lowest BCUT2D eigenvalue weighted by molar-refractivity contribution is -0.385. The van der Waals surface area contributed by atoms with Gasteiger partial charge >= 0.3 is 5.69 Å². The molecule has 0 bridgehead atoms. The first-order valence-corrected chi connectivity index (χ1v) is 7.91. The molecule has 1 aliphatic rings.